The molecule has 0 atom stereocenters. The van der Waals surface area contributed by atoms with Crippen LogP contribution in [0, 0.1) is 6.92 Å². The van der Waals surface area contributed by atoms with Crippen molar-refractivity contribution in [2.75, 3.05) is 0 Å². The molecule has 134 valence electrons. The minimum absolute atomic E-state index is 0.151. The van der Waals surface area contributed by atoms with Gasteiger partial charge in [-0.2, -0.15) is 0 Å². The number of ketones is 1. The molecule has 0 saturated heterocycles. The number of carbonyl (C=O) groups excluding carboxylic acids is 2. The lowest BCUT2D eigenvalue weighted by molar-refractivity contribution is 0.0734. The van der Waals surface area contributed by atoms with Crippen LogP contribution >= 0.6 is 11.6 Å². The van der Waals surface area contributed by atoms with Crippen molar-refractivity contribution in [3.05, 3.63) is 88.0 Å². The Morgan fingerprint density at radius 2 is 1.96 bits per heavy atom. The second-order valence-corrected chi connectivity index (χ2v) is 6.38. The summed E-state index contributed by atoms with van der Waals surface area (Å²) in [6.07, 6.45) is 1.53. The molecule has 0 bridgehead atoms. The molecule has 2 aromatic carbocycles. The molecule has 4 rings (SSSR count). The highest BCUT2D eigenvalue weighted by Gasteiger charge is 2.28. The van der Waals surface area contributed by atoms with Gasteiger partial charge in [-0.1, -0.05) is 17.7 Å². The monoisotopic (exact) mass is 380 g/mol. The number of carbonyl (C=O) groups is 2. The van der Waals surface area contributed by atoms with Gasteiger partial charge in [0.2, 0.25) is 5.78 Å². The molecular formula is C21H13ClO5. The molecule has 0 amide bonds. The van der Waals surface area contributed by atoms with E-state index in [1.807, 2.05) is 6.92 Å². The third kappa shape index (κ3) is 3.50. The van der Waals surface area contributed by atoms with Gasteiger partial charge in [0.15, 0.2) is 5.76 Å². The third-order valence-corrected chi connectivity index (χ3v) is 4.18. The van der Waals surface area contributed by atoms with E-state index in [-0.39, 0.29) is 17.3 Å². The van der Waals surface area contributed by atoms with Crippen LogP contribution in [0.15, 0.2) is 64.8 Å². The largest absolute Gasteiger partial charge is 0.462 e. The number of esters is 1. The number of Topliss-reactive ketones (excluding diaryl/α,β-unsaturated/α-hetero) is 1. The highest BCUT2D eigenvalue weighted by atomic mass is 35.5. The van der Waals surface area contributed by atoms with E-state index < -0.39 is 5.97 Å². The fraction of sp³-hybridized carbons (Fsp3) is 0.0476. The number of fused-ring (bicyclic) bond motifs is 1. The zero-order valence-corrected chi connectivity index (χ0v) is 14.9. The molecule has 0 radical (unpaired) electrons. The van der Waals surface area contributed by atoms with E-state index in [4.69, 9.17) is 25.5 Å². The highest BCUT2D eigenvalue weighted by Crippen LogP contribution is 2.35. The van der Waals surface area contributed by atoms with Crippen LogP contribution in [0.4, 0.5) is 0 Å². The van der Waals surface area contributed by atoms with E-state index in [0.717, 1.165) is 5.76 Å². The number of hydrogen-bond donors (Lipinski definition) is 0. The van der Waals surface area contributed by atoms with Gasteiger partial charge < -0.3 is 13.9 Å². The van der Waals surface area contributed by atoms with E-state index in [2.05, 4.69) is 0 Å². The van der Waals surface area contributed by atoms with Crippen LogP contribution in [0.5, 0.6) is 11.5 Å². The van der Waals surface area contributed by atoms with Crippen LogP contribution in [-0.2, 0) is 0 Å². The van der Waals surface area contributed by atoms with Gasteiger partial charge in [0.05, 0.1) is 11.1 Å². The van der Waals surface area contributed by atoms with Crippen molar-refractivity contribution in [3.8, 4) is 11.5 Å². The lowest BCUT2D eigenvalue weighted by Gasteiger charge is -2.06. The maximum absolute atomic E-state index is 12.4. The predicted octanol–water partition coefficient (Wildman–Crippen LogP) is 5.08. The maximum Gasteiger partial charge on any atom is 0.343 e. The summed E-state index contributed by atoms with van der Waals surface area (Å²) in [5.74, 6) is 1.19. The molecule has 0 saturated carbocycles. The lowest BCUT2D eigenvalue weighted by atomic mass is 10.1. The smallest absolute Gasteiger partial charge is 0.343 e. The first-order chi connectivity index (χ1) is 13.0. The van der Waals surface area contributed by atoms with E-state index in [1.165, 1.54) is 18.2 Å². The van der Waals surface area contributed by atoms with Crippen LogP contribution in [0.3, 0.4) is 0 Å². The number of rotatable bonds is 3. The van der Waals surface area contributed by atoms with Crippen LogP contribution in [-0.4, -0.2) is 11.8 Å². The van der Waals surface area contributed by atoms with Crippen molar-refractivity contribution < 1.29 is 23.5 Å². The molecule has 0 spiro atoms. The van der Waals surface area contributed by atoms with Gasteiger partial charge in [-0.3, -0.25) is 4.79 Å². The molecule has 0 fully saturated rings. The van der Waals surface area contributed by atoms with Crippen molar-refractivity contribution in [2.45, 2.75) is 6.92 Å². The lowest BCUT2D eigenvalue weighted by Crippen LogP contribution is -2.08. The van der Waals surface area contributed by atoms with Crippen molar-refractivity contribution in [1.82, 2.24) is 0 Å². The first-order valence-corrected chi connectivity index (χ1v) is 8.50. The number of halogens is 1. The average molecular weight is 381 g/mol. The van der Waals surface area contributed by atoms with Crippen LogP contribution < -0.4 is 9.47 Å². The fourth-order valence-corrected chi connectivity index (χ4v) is 2.86. The number of hydrogen-bond acceptors (Lipinski definition) is 5. The van der Waals surface area contributed by atoms with E-state index in [0.29, 0.717) is 27.7 Å². The minimum atomic E-state index is -0.552. The molecule has 0 N–H and O–H groups in total. The molecule has 0 aliphatic carbocycles. The molecule has 27 heavy (non-hydrogen) atoms. The van der Waals surface area contributed by atoms with Crippen LogP contribution in [0.2, 0.25) is 5.02 Å². The molecule has 6 heteroatoms. The van der Waals surface area contributed by atoms with Crippen LogP contribution in [0.25, 0.3) is 6.08 Å². The van der Waals surface area contributed by atoms with E-state index in [9.17, 15) is 9.59 Å². The summed E-state index contributed by atoms with van der Waals surface area (Å²) in [6, 6.07) is 14.6. The van der Waals surface area contributed by atoms with Gasteiger partial charge in [0.1, 0.15) is 23.0 Å². The predicted molar refractivity (Wildman–Crippen MR) is 99.2 cm³/mol. The number of furan rings is 1. The molecule has 3 aromatic rings. The third-order valence-electron chi connectivity index (χ3n) is 3.95. The van der Waals surface area contributed by atoms with Gasteiger partial charge in [-0.05, 0) is 49.4 Å². The first kappa shape index (κ1) is 17.1. The van der Waals surface area contributed by atoms with E-state index >= 15 is 0 Å². The summed E-state index contributed by atoms with van der Waals surface area (Å²) < 4.78 is 16.4. The zero-order chi connectivity index (χ0) is 19.0. The zero-order valence-electron chi connectivity index (χ0n) is 14.2. The standard InChI is InChI=1S/C21H13ClO5/c1-12-5-6-15(25-12)11-19-20(23)17-8-7-16(10-18(17)27-19)26-21(24)13-3-2-4-14(22)9-13/h2-11H,1H3/b19-11-. The van der Waals surface area contributed by atoms with Gasteiger partial charge in [-0.25, -0.2) is 4.79 Å². The van der Waals surface area contributed by atoms with Crippen LogP contribution in [0.1, 0.15) is 32.2 Å². The summed E-state index contributed by atoms with van der Waals surface area (Å²) >= 11 is 5.89. The Morgan fingerprint density at radius 1 is 1.11 bits per heavy atom. The Labute approximate surface area is 159 Å². The first-order valence-electron chi connectivity index (χ1n) is 8.12. The second kappa shape index (κ2) is 6.78. The molecule has 1 aliphatic rings. The molecule has 2 heterocycles. The van der Waals surface area contributed by atoms with Gasteiger partial charge in [-0.15, -0.1) is 0 Å². The summed E-state index contributed by atoms with van der Waals surface area (Å²) in [6.45, 7) is 1.81. The number of ether oxygens (including phenoxy) is 2. The van der Waals surface area contributed by atoms with Crippen molar-refractivity contribution in [2.24, 2.45) is 0 Å². The summed E-state index contributed by atoms with van der Waals surface area (Å²) in [5, 5.41) is 0.440. The fourth-order valence-electron chi connectivity index (χ4n) is 2.67. The van der Waals surface area contributed by atoms with Gasteiger partial charge >= 0.3 is 5.97 Å². The summed E-state index contributed by atoms with van der Waals surface area (Å²) in [7, 11) is 0. The summed E-state index contributed by atoms with van der Waals surface area (Å²) in [5.41, 5.74) is 0.723. The Morgan fingerprint density at radius 3 is 2.70 bits per heavy atom. The Kier molecular flexibility index (Phi) is 4.30. The molecule has 0 unspecified atom stereocenters. The SMILES string of the molecule is Cc1ccc(/C=C2\Oc3cc(OC(=O)c4cccc(Cl)c4)ccc3C2=O)o1. The average Bonchev–Trinajstić information content (AvgIpc) is 3.18. The highest BCUT2D eigenvalue weighted by molar-refractivity contribution is 6.30. The van der Waals surface area contributed by atoms with Crippen molar-refractivity contribution >= 4 is 29.4 Å². The number of benzene rings is 2. The maximum atomic E-state index is 12.4. The van der Waals surface area contributed by atoms with Gasteiger partial charge in [0.25, 0.3) is 0 Å². The quantitative estimate of drug-likeness (QED) is 0.360. The Bertz CT molecular complexity index is 1090. The normalized spacial score (nSPS) is 14.1. The second-order valence-electron chi connectivity index (χ2n) is 5.95. The van der Waals surface area contributed by atoms with Crippen molar-refractivity contribution in [1.29, 1.82) is 0 Å². The number of allylic oxidation sites excluding steroid dienone is 1. The van der Waals surface area contributed by atoms with Crippen molar-refractivity contribution in [3.63, 3.8) is 0 Å². The number of aryl methyl sites for hydroxylation is 1. The molecule has 1 aromatic heterocycles. The Balaban J connectivity index is 1.56. The minimum Gasteiger partial charge on any atom is -0.462 e. The summed E-state index contributed by atoms with van der Waals surface area (Å²) in [4.78, 5) is 24.7. The molecular weight excluding hydrogens is 368 g/mol. The van der Waals surface area contributed by atoms with Gasteiger partial charge in [0, 0.05) is 17.2 Å². The van der Waals surface area contributed by atoms with E-state index in [1.54, 1.807) is 42.5 Å². The topological polar surface area (TPSA) is 65.7 Å². The Hall–Kier alpha value is -3.31. The molecule has 1 aliphatic heterocycles. The molecule has 5 nitrogen and oxygen atoms in total.